The molecule has 1 unspecified atom stereocenters. The topological polar surface area (TPSA) is 53.1 Å². The smallest absolute Gasteiger partial charge is 0.131 e. The third kappa shape index (κ3) is 2.20. The molecule has 1 atom stereocenters. The summed E-state index contributed by atoms with van der Waals surface area (Å²) in [5, 5.41) is 4.75. The normalized spacial score (nSPS) is 18.9. The molecule has 1 aromatic heterocycles. The Morgan fingerprint density at radius 2 is 2.05 bits per heavy atom. The molecule has 0 bridgehead atoms. The second-order valence-corrected chi connectivity index (χ2v) is 5.59. The lowest BCUT2D eigenvalue weighted by Crippen LogP contribution is -2.03. The van der Waals surface area contributed by atoms with E-state index in [2.05, 4.69) is 13.8 Å². The van der Waals surface area contributed by atoms with E-state index in [0.717, 1.165) is 42.2 Å². The van der Waals surface area contributed by atoms with Gasteiger partial charge >= 0.3 is 0 Å². The van der Waals surface area contributed by atoms with Gasteiger partial charge in [-0.2, -0.15) is 5.10 Å². The Bertz CT molecular complexity index is 583. The van der Waals surface area contributed by atoms with Gasteiger partial charge in [0.05, 0.1) is 11.4 Å². The molecule has 1 aliphatic heterocycles. The van der Waals surface area contributed by atoms with E-state index >= 15 is 0 Å². The Morgan fingerprint density at radius 1 is 1.30 bits per heavy atom. The summed E-state index contributed by atoms with van der Waals surface area (Å²) in [6, 6.07) is 10.0. The highest BCUT2D eigenvalue weighted by molar-refractivity contribution is 5.52. The Kier molecular flexibility index (Phi) is 3.49. The number of aromatic nitrogens is 2. The molecule has 4 heteroatoms. The van der Waals surface area contributed by atoms with E-state index in [-0.39, 0.29) is 6.10 Å². The van der Waals surface area contributed by atoms with Crippen LogP contribution in [0.1, 0.15) is 50.0 Å². The molecule has 20 heavy (non-hydrogen) atoms. The summed E-state index contributed by atoms with van der Waals surface area (Å²) >= 11 is 0. The number of nitrogen functional groups attached to an aromatic ring is 1. The van der Waals surface area contributed by atoms with Gasteiger partial charge in [-0.1, -0.05) is 32.0 Å². The van der Waals surface area contributed by atoms with Gasteiger partial charge in [-0.15, -0.1) is 0 Å². The average molecular weight is 271 g/mol. The second kappa shape index (κ2) is 5.29. The minimum atomic E-state index is 0.0969. The zero-order valence-electron chi connectivity index (χ0n) is 12.0. The highest BCUT2D eigenvalue weighted by atomic mass is 16.5. The van der Waals surface area contributed by atoms with E-state index in [1.165, 1.54) is 0 Å². The lowest BCUT2D eigenvalue weighted by molar-refractivity contribution is 0.107. The van der Waals surface area contributed by atoms with Crippen molar-refractivity contribution in [3.63, 3.8) is 0 Å². The number of hydrogen-bond donors (Lipinski definition) is 1. The Hall–Kier alpha value is -1.81. The standard InChI is InChI=1S/C16H21N3O/c1-11(2)14-15(13-9-6-10-20-13)18-19(16(14)17)12-7-4-3-5-8-12/h3-5,7-8,11,13H,6,9-10,17H2,1-2H3. The van der Waals surface area contributed by atoms with E-state index in [1.54, 1.807) is 0 Å². The molecule has 0 amide bonds. The number of nitrogens with zero attached hydrogens (tertiary/aromatic N) is 2. The van der Waals surface area contributed by atoms with Gasteiger partial charge in [0.15, 0.2) is 0 Å². The number of para-hydroxylation sites is 1. The van der Waals surface area contributed by atoms with Crippen molar-refractivity contribution in [2.45, 2.75) is 38.7 Å². The molecular formula is C16H21N3O. The molecule has 0 aliphatic carbocycles. The van der Waals surface area contributed by atoms with Crippen molar-refractivity contribution in [3.05, 3.63) is 41.6 Å². The maximum absolute atomic E-state index is 6.35. The summed E-state index contributed by atoms with van der Waals surface area (Å²) in [5.41, 5.74) is 9.48. The van der Waals surface area contributed by atoms with Crippen LogP contribution in [0.3, 0.4) is 0 Å². The summed E-state index contributed by atoms with van der Waals surface area (Å²) in [4.78, 5) is 0. The molecule has 1 fully saturated rings. The molecule has 0 spiro atoms. The second-order valence-electron chi connectivity index (χ2n) is 5.59. The van der Waals surface area contributed by atoms with Crippen LogP contribution in [0.5, 0.6) is 0 Å². The van der Waals surface area contributed by atoms with Gasteiger partial charge in [0.2, 0.25) is 0 Å². The van der Waals surface area contributed by atoms with Gasteiger partial charge < -0.3 is 10.5 Å². The molecular weight excluding hydrogens is 250 g/mol. The van der Waals surface area contributed by atoms with Crippen LogP contribution >= 0.6 is 0 Å². The zero-order valence-corrected chi connectivity index (χ0v) is 12.0. The van der Waals surface area contributed by atoms with Crippen molar-refractivity contribution in [2.24, 2.45) is 0 Å². The molecule has 106 valence electrons. The van der Waals surface area contributed by atoms with Gasteiger partial charge in [-0.25, -0.2) is 4.68 Å². The summed E-state index contributed by atoms with van der Waals surface area (Å²) in [5.74, 6) is 1.07. The third-order valence-electron chi connectivity index (χ3n) is 3.80. The Labute approximate surface area is 119 Å². The minimum Gasteiger partial charge on any atom is -0.383 e. The van der Waals surface area contributed by atoms with Crippen LogP contribution in [0.15, 0.2) is 30.3 Å². The van der Waals surface area contributed by atoms with Crippen LogP contribution in [0.2, 0.25) is 0 Å². The van der Waals surface area contributed by atoms with Crippen molar-refractivity contribution < 1.29 is 4.74 Å². The number of hydrogen-bond acceptors (Lipinski definition) is 3. The third-order valence-corrected chi connectivity index (χ3v) is 3.80. The molecule has 0 radical (unpaired) electrons. The summed E-state index contributed by atoms with van der Waals surface area (Å²) in [7, 11) is 0. The Balaban J connectivity index is 2.10. The maximum Gasteiger partial charge on any atom is 0.131 e. The molecule has 0 saturated carbocycles. The maximum atomic E-state index is 6.35. The predicted octanol–water partition coefficient (Wildman–Crippen LogP) is 3.43. The summed E-state index contributed by atoms with van der Waals surface area (Å²) in [6.07, 6.45) is 2.23. The van der Waals surface area contributed by atoms with Gasteiger partial charge in [-0.3, -0.25) is 0 Å². The molecule has 1 aromatic carbocycles. The molecule has 3 rings (SSSR count). The fourth-order valence-electron chi connectivity index (χ4n) is 2.85. The fourth-order valence-corrected chi connectivity index (χ4v) is 2.85. The Morgan fingerprint density at radius 3 is 2.65 bits per heavy atom. The number of anilines is 1. The van der Waals surface area contributed by atoms with E-state index in [0.29, 0.717) is 5.92 Å². The van der Waals surface area contributed by atoms with Crippen molar-refractivity contribution in [1.29, 1.82) is 0 Å². The van der Waals surface area contributed by atoms with Crippen molar-refractivity contribution >= 4 is 5.82 Å². The van der Waals surface area contributed by atoms with Gasteiger partial charge in [0.25, 0.3) is 0 Å². The quantitative estimate of drug-likeness (QED) is 0.930. The molecule has 1 saturated heterocycles. The first kappa shape index (κ1) is 13.2. The fraction of sp³-hybridized carbons (Fsp3) is 0.438. The van der Waals surface area contributed by atoms with E-state index < -0.39 is 0 Å². The number of ether oxygens (including phenoxy) is 1. The molecule has 2 aromatic rings. The molecule has 4 nitrogen and oxygen atoms in total. The minimum absolute atomic E-state index is 0.0969. The van der Waals surface area contributed by atoms with Crippen LogP contribution in [-0.4, -0.2) is 16.4 Å². The monoisotopic (exact) mass is 271 g/mol. The molecule has 1 aliphatic rings. The van der Waals surface area contributed by atoms with Crippen molar-refractivity contribution in [2.75, 3.05) is 12.3 Å². The first-order chi connectivity index (χ1) is 9.68. The van der Waals surface area contributed by atoms with Gasteiger partial charge in [0.1, 0.15) is 11.9 Å². The largest absolute Gasteiger partial charge is 0.383 e. The highest BCUT2D eigenvalue weighted by Crippen LogP contribution is 2.37. The zero-order chi connectivity index (χ0) is 14.1. The van der Waals surface area contributed by atoms with Gasteiger partial charge in [0, 0.05) is 12.2 Å². The summed E-state index contributed by atoms with van der Waals surface area (Å²) in [6.45, 7) is 5.13. The number of nitrogens with two attached hydrogens (primary N) is 1. The van der Waals surface area contributed by atoms with E-state index in [1.807, 2.05) is 35.0 Å². The summed E-state index contributed by atoms with van der Waals surface area (Å²) < 4.78 is 7.64. The number of rotatable bonds is 3. The van der Waals surface area contributed by atoms with Crippen LogP contribution in [0.25, 0.3) is 5.69 Å². The first-order valence-corrected chi connectivity index (χ1v) is 7.23. The number of benzene rings is 1. The van der Waals surface area contributed by atoms with E-state index in [4.69, 9.17) is 15.6 Å². The highest BCUT2D eigenvalue weighted by Gasteiger charge is 2.28. The van der Waals surface area contributed by atoms with Crippen molar-refractivity contribution in [1.82, 2.24) is 9.78 Å². The average Bonchev–Trinajstić information content (AvgIpc) is 3.06. The van der Waals surface area contributed by atoms with Crippen LogP contribution in [0, 0.1) is 0 Å². The first-order valence-electron chi connectivity index (χ1n) is 7.23. The van der Waals surface area contributed by atoms with Crippen molar-refractivity contribution in [3.8, 4) is 5.69 Å². The lowest BCUT2D eigenvalue weighted by Gasteiger charge is -2.11. The molecule has 2 N–H and O–H groups in total. The predicted molar refractivity (Wildman–Crippen MR) is 80.0 cm³/mol. The van der Waals surface area contributed by atoms with Crippen LogP contribution < -0.4 is 5.73 Å². The van der Waals surface area contributed by atoms with E-state index in [9.17, 15) is 0 Å². The van der Waals surface area contributed by atoms with Gasteiger partial charge in [-0.05, 0) is 30.9 Å². The van der Waals surface area contributed by atoms with Crippen LogP contribution in [0.4, 0.5) is 5.82 Å². The molecule has 2 heterocycles. The van der Waals surface area contributed by atoms with Crippen LogP contribution in [-0.2, 0) is 4.74 Å². The lowest BCUT2D eigenvalue weighted by atomic mass is 9.99. The SMILES string of the molecule is CC(C)c1c(C2CCCO2)nn(-c2ccccc2)c1N.